The first-order valence-electron chi connectivity index (χ1n) is 9.97. The Morgan fingerprint density at radius 2 is 1.03 bits per heavy atom. The Balaban J connectivity index is 5.53. The number of aliphatic carboxylic acids is 4. The maximum absolute atomic E-state index is 12.6. The molecule has 0 aromatic rings. The molecule has 0 saturated heterocycles. The van der Waals surface area contributed by atoms with E-state index in [4.69, 9.17) is 31.9 Å². The number of rotatable bonds is 17. The van der Waals surface area contributed by atoms with Gasteiger partial charge in [0.25, 0.3) is 0 Å². The van der Waals surface area contributed by atoms with Crippen LogP contribution in [0.2, 0.25) is 0 Å². The number of carbonyl (C=O) groups excluding carboxylic acids is 4. The first-order valence-corrected chi connectivity index (χ1v) is 9.97. The van der Waals surface area contributed by atoms with E-state index in [0.29, 0.717) is 0 Å². The Morgan fingerprint density at radius 1 is 0.600 bits per heavy atom. The fourth-order valence-electron chi connectivity index (χ4n) is 2.55. The molecule has 0 aromatic heterocycles. The number of carboxylic acids is 4. The summed E-state index contributed by atoms with van der Waals surface area (Å²) in [5, 5.41) is 41.4. The molecule has 0 aliphatic carbocycles. The average molecular weight is 505 g/mol. The summed E-state index contributed by atoms with van der Waals surface area (Å²) in [7, 11) is 0. The second-order valence-corrected chi connectivity index (χ2v) is 7.26. The first-order chi connectivity index (χ1) is 16.1. The Morgan fingerprint density at radius 3 is 1.46 bits per heavy atom. The van der Waals surface area contributed by atoms with Gasteiger partial charge in [0.15, 0.2) is 0 Å². The second-order valence-electron chi connectivity index (χ2n) is 7.26. The molecule has 4 unspecified atom stereocenters. The quantitative estimate of drug-likeness (QED) is 0.0909. The molecule has 0 fully saturated rings. The minimum absolute atomic E-state index is 0.331. The summed E-state index contributed by atoms with van der Waals surface area (Å²) in [5.74, 6) is -10.5. The van der Waals surface area contributed by atoms with Gasteiger partial charge in [-0.3, -0.25) is 33.6 Å². The predicted octanol–water partition coefficient (Wildman–Crippen LogP) is -4.07. The summed E-state index contributed by atoms with van der Waals surface area (Å²) in [5.41, 5.74) is 10.6. The highest BCUT2D eigenvalue weighted by Gasteiger charge is 2.32. The van der Waals surface area contributed by atoms with Gasteiger partial charge in [-0.15, -0.1) is 0 Å². The first kappa shape index (κ1) is 30.7. The zero-order valence-corrected chi connectivity index (χ0v) is 18.3. The minimum atomic E-state index is -1.82. The average Bonchev–Trinajstić information content (AvgIpc) is 2.72. The van der Waals surface area contributed by atoms with E-state index in [2.05, 4.69) is 0 Å². The smallest absolute Gasteiger partial charge is 0.326 e. The largest absolute Gasteiger partial charge is 0.481 e. The molecule has 17 nitrogen and oxygen atoms in total. The van der Waals surface area contributed by atoms with Crippen LogP contribution in [-0.2, 0) is 38.4 Å². The van der Waals surface area contributed by atoms with Gasteiger partial charge in [0.1, 0.15) is 18.1 Å². The monoisotopic (exact) mass is 505 g/mol. The number of amides is 4. The van der Waals surface area contributed by atoms with E-state index in [9.17, 15) is 38.4 Å². The van der Waals surface area contributed by atoms with Crippen molar-refractivity contribution in [3.05, 3.63) is 0 Å². The van der Waals surface area contributed by atoms with E-state index < -0.39 is 104 Å². The van der Waals surface area contributed by atoms with Crippen LogP contribution in [0.5, 0.6) is 0 Å². The van der Waals surface area contributed by atoms with Crippen molar-refractivity contribution in [3.63, 3.8) is 0 Å². The molecule has 4 atom stereocenters. The molecule has 17 heteroatoms. The lowest BCUT2D eigenvalue weighted by atomic mass is 10.1. The molecular weight excluding hydrogens is 478 g/mol. The second kappa shape index (κ2) is 14.8. The summed E-state index contributed by atoms with van der Waals surface area (Å²) in [6.07, 6.45) is -3.82. The van der Waals surface area contributed by atoms with Crippen LogP contribution < -0.4 is 27.4 Å². The van der Waals surface area contributed by atoms with Crippen molar-refractivity contribution < 1.29 is 58.8 Å². The third-order valence-corrected chi connectivity index (χ3v) is 4.32. The van der Waals surface area contributed by atoms with Crippen LogP contribution in [0, 0.1) is 0 Å². The fourth-order valence-corrected chi connectivity index (χ4v) is 2.55. The topological polar surface area (TPSA) is 306 Å². The minimum Gasteiger partial charge on any atom is -0.481 e. The highest BCUT2D eigenvalue weighted by atomic mass is 16.4. The van der Waals surface area contributed by atoms with Gasteiger partial charge in [-0.1, -0.05) is 0 Å². The van der Waals surface area contributed by atoms with Crippen LogP contribution in [-0.4, -0.2) is 92.1 Å². The Labute approximate surface area is 197 Å². The number of nitrogens with one attached hydrogen (secondary N) is 3. The Kier molecular flexibility index (Phi) is 13.0. The zero-order valence-electron chi connectivity index (χ0n) is 18.3. The highest BCUT2D eigenvalue weighted by Crippen LogP contribution is 2.03. The Hall–Kier alpha value is -4.28. The van der Waals surface area contributed by atoms with E-state index >= 15 is 0 Å². The van der Waals surface area contributed by atoms with E-state index in [1.54, 1.807) is 0 Å². The fraction of sp³-hybridized carbons (Fsp3) is 0.556. The molecule has 35 heavy (non-hydrogen) atoms. The molecule has 0 aromatic carbocycles. The molecule has 0 aliphatic rings. The van der Waals surface area contributed by atoms with Gasteiger partial charge < -0.3 is 47.8 Å². The normalized spacial score (nSPS) is 13.9. The molecule has 0 aliphatic heterocycles. The van der Waals surface area contributed by atoms with Crippen molar-refractivity contribution >= 4 is 47.5 Å². The summed E-state index contributed by atoms with van der Waals surface area (Å²) in [6, 6.07) is -6.74. The van der Waals surface area contributed by atoms with E-state index in [0.717, 1.165) is 0 Å². The lowest BCUT2D eigenvalue weighted by molar-refractivity contribution is -0.144. The van der Waals surface area contributed by atoms with Gasteiger partial charge in [-0.05, 0) is 12.8 Å². The van der Waals surface area contributed by atoms with Crippen molar-refractivity contribution in [1.29, 1.82) is 0 Å². The van der Waals surface area contributed by atoms with E-state index in [1.807, 2.05) is 16.0 Å². The predicted molar refractivity (Wildman–Crippen MR) is 111 cm³/mol. The standard InChI is InChI=1S/C18H27N5O12/c19-7(1-3-12(25)26)15(31)22-10(6-14(29)30)17(33)23-9(5-11(20)24)16(32)21-8(18(34)35)2-4-13(27)28/h7-10H,1-6,19H2,(H2,20,24)(H,21,32)(H,22,31)(H,23,33)(H,25,26)(H,27,28)(H,29,30)(H,34,35). The summed E-state index contributed by atoms with van der Waals surface area (Å²) >= 11 is 0. The number of nitrogens with two attached hydrogens (primary N) is 2. The molecular formula is C18H27N5O12. The lowest BCUT2D eigenvalue weighted by Crippen LogP contribution is -2.58. The van der Waals surface area contributed by atoms with E-state index in [-0.39, 0.29) is 6.42 Å². The van der Waals surface area contributed by atoms with Crippen molar-refractivity contribution in [1.82, 2.24) is 16.0 Å². The summed E-state index contributed by atoms with van der Waals surface area (Å²) in [4.78, 5) is 92.2. The van der Waals surface area contributed by atoms with Crippen LogP contribution in [0.15, 0.2) is 0 Å². The van der Waals surface area contributed by atoms with Crippen LogP contribution in [0.4, 0.5) is 0 Å². The van der Waals surface area contributed by atoms with Gasteiger partial charge in [0.05, 0.1) is 18.9 Å². The highest BCUT2D eigenvalue weighted by molar-refractivity contribution is 5.97. The summed E-state index contributed by atoms with van der Waals surface area (Å²) < 4.78 is 0. The van der Waals surface area contributed by atoms with Crippen molar-refractivity contribution in [2.24, 2.45) is 11.5 Å². The molecule has 4 amide bonds. The molecule has 196 valence electrons. The van der Waals surface area contributed by atoms with Crippen LogP contribution in [0.3, 0.4) is 0 Å². The third-order valence-electron chi connectivity index (χ3n) is 4.32. The maximum Gasteiger partial charge on any atom is 0.326 e. The molecule has 0 heterocycles. The van der Waals surface area contributed by atoms with Crippen LogP contribution in [0.25, 0.3) is 0 Å². The number of hydrogen-bond acceptors (Lipinski definition) is 9. The Bertz CT molecular complexity index is 861. The lowest BCUT2D eigenvalue weighted by Gasteiger charge is -2.24. The van der Waals surface area contributed by atoms with Gasteiger partial charge in [-0.25, -0.2) is 4.79 Å². The number of carbonyl (C=O) groups is 8. The van der Waals surface area contributed by atoms with Crippen molar-refractivity contribution in [2.45, 2.75) is 62.7 Å². The van der Waals surface area contributed by atoms with Crippen molar-refractivity contribution in [3.8, 4) is 0 Å². The van der Waals surface area contributed by atoms with Gasteiger partial charge >= 0.3 is 23.9 Å². The SMILES string of the molecule is NC(=O)CC(NC(=O)C(CC(=O)O)NC(=O)C(N)CCC(=O)O)C(=O)NC(CCC(=O)O)C(=O)O. The van der Waals surface area contributed by atoms with Gasteiger partial charge in [0.2, 0.25) is 23.6 Å². The zero-order chi connectivity index (χ0) is 27.3. The van der Waals surface area contributed by atoms with E-state index in [1.165, 1.54) is 0 Å². The van der Waals surface area contributed by atoms with Gasteiger partial charge in [-0.2, -0.15) is 0 Å². The number of hydrogen-bond donors (Lipinski definition) is 9. The molecule has 0 saturated carbocycles. The molecule has 0 rings (SSSR count). The van der Waals surface area contributed by atoms with Crippen LogP contribution >= 0.6 is 0 Å². The summed E-state index contributed by atoms with van der Waals surface area (Å²) in [6.45, 7) is 0. The van der Waals surface area contributed by atoms with Gasteiger partial charge in [0, 0.05) is 12.8 Å². The number of carboxylic acid groups (broad SMARTS) is 4. The maximum atomic E-state index is 12.6. The molecule has 11 N–H and O–H groups in total. The number of primary amides is 1. The third kappa shape index (κ3) is 13.1. The molecule has 0 spiro atoms. The van der Waals surface area contributed by atoms with Crippen molar-refractivity contribution in [2.75, 3.05) is 0 Å². The van der Waals surface area contributed by atoms with Crippen LogP contribution in [0.1, 0.15) is 38.5 Å². The molecule has 0 bridgehead atoms. The molecule has 0 radical (unpaired) electrons.